The van der Waals surface area contributed by atoms with Crippen molar-refractivity contribution >= 4 is 17.6 Å². The molecule has 0 aliphatic heterocycles. The Kier molecular flexibility index (Phi) is 2.72. The number of benzene rings is 1. The van der Waals surface area contributed by atoms with E-state index in [1.807, 2.05) is 36.4 Å². The van der Waals surface area contributed by atoms with E-state index in [4.69, 9.17) is 17.2 Å². The van der Waals surface area contributed by atoms with Gasteiger partial charge in [0.15, 0.2) is 0 Å². The molecule has 100 valence electrons. The van der Waals surface area contributed by atoms with E-state index in [1.165, 1.54) is 4.68 Å². The second-order valence-corrected chi connectivity index (χ2v) is 4.27. The van der Waals surface area contributed by atoms with E-state index in [1.54, 1.807) is 6.20 Å². The first-order valence-corrected chi connectivity index (χ1v) is 5.94. The van der Waals surface area contributed by atoms with Crippen LogP contribution in [0.4, 0.5) is 17.6 Å². The normalized spacial score (nSPS) is 10.6. The maximum Gasteiger partial charge on any atom is 0.241 e. The summed E-state index contributed by atoms with van der Waals surface area (Å²) in [6, 6.07) is 11.2. The topological polar surface area (TPSA) is 122 Å². The molecule has 2 heterocycles. The number of pyridine rings is 1. The molecule has 0 unspecified atom stereocenters. The Morgan fingerprint density at radius 3 is 2.45 bits per heavy atom. The summed E-state index contributed by atoms with van der Waals surface area (Å²) in [7, 11) is 0. The largest absolute Gasteiger partial charge is 0.399 e. The van der Waals surface area contributed by atoms with Crippen LogP contribution in [0.2, 0.25) is 0 Å². The average Bonchev–Trinajstić information content (AvgIpc) is 2.78. The minimum absolute atomic E-state index is 0.127. The van der Waals surface area contributed by atoms with E-state index in [2.05, 4.69) is 15.1 Å². The predicted octanol–water partition coefficient (Wildman–Crippen LogP) is 1.08. The number of hydrogen-bond acceptors (Lipinski definition) is 6. The van der Waals surface area contributed by atoms with Gasteiger partial charge >= 0.3 is 0 Å². The summed E-state index contributed by atoms with van der Waals surface area (Å²) < 4.78 is 1.44. The second-order valence-electron chi connectivity index (χ2n) is 4.27. The van der Waals surface area contributed by atoms with Crippen LogP contribution in [0.15, 0.2) is 42.6 Å². The molecular weight excluding hydrogens is 254 g/mol. The molecule has 0 saturated heterocycles. The van der Waals surface area contributed by atoms with Crippen molar-refractivity contribution in [2.24, 2.45) is 0 Å². The van der Waals surface area contributed by atoms with E-state index >= 15 is 0 Å². The number of hydrogen-bond donors (Lipinski definition) is 3. The van der Waals surface area contributed by atoms with Crippen molar-refractivity contribution in [3.8, 4) is 16.9 Å². The molecule has 6 N–H and O–H groups in total. The van der Waals surface area contributed by atoms with Gasteiger partial charge in [0.25, 0.3) is 0 Å². The summed E-state index contributed by atoms with van der Waals surface area (Å²) in [5.74, 6) is 0.350. The first kappa shape index (κ1) is 12.0. The molecule has 0 saturated carbocycles. The third kappa shape index (κ3) is 2.12. The summed E-state index contributed by atoms with van der Waals surface area (Å²) >= 11 is 0. The van der Waals surface area contributed by atoms with Gasteiger partial charge in [-0.05, 0) is 24.3 Å². The zero-order valence-electron chi connectivity index (χ0n) is 10.6. The summed E-state index contributed by atoms with van der Waals surface area (Å²) in [4.78, 5) is 8.22. The van der Waals surface area contributed by atoms with E-state index < -0.39 is 0 Å². The predicted molar refractivity (Wildman–Crippen MR) is 77.8 cm³/mol. The fraction of sp³-hybridized carbons (Fsp3) is 0. The average molecular weight is 267 g/mol. The molecule has 0 radical (unpaired) electrons. The van der Waals surface area contributed by atoms with Gasteiger partial charge in [0.05, 0.1) is 17.6 Å². The van der Waals surface area contributed by atoms with Crippen molar-refractivity contribution in [1.82, 2.24) is 19.7 Å². The fourth-order valence-electron chi connectivity index (χ4n) is 1.91. The van der Waals surface area contributed by atoms with Crippen molar-refractivity contribution in [1.29, 1.82) is 0 Å². The van der Waals surface area contributed by atoms with Crippen LogP contribution >= 0.6 is 0 Å². The van der Waals surface area contributed by atoms with Crippen molar-refractivity contribution in [2.45, 2.75) is 0 Å². The number of nitrogens with two attached hydrogens (primary N) is 3. The monoisotopic (exact) mass is 267 g/mol. The standard InChI is InChI=1S/C13H13N7/c14-9-3-1-2-8(6-9)11-5-4-10(7-17-11)20-13(16)18-12(15)19-20/h1-7H,14H2,(H4,15,16,18,19). The molecule has 7 heteroatoms. The van der Waals surface area contributed by atoms with Crippen LogP contribution in [-0.2, 0) is 0 Å². The van der Waals surface area contributed by atoms with Crippen LogP contribution in [0, 0.1) is 0 Å². The van der Waals surface area contributed by atoms with Crippen LogP contribution in [-0.4, -0.2) is 19.7 Å². The number of aromatic nitrogens is 4. The van der Waals surface area contributed by atoms with Gasteiger partial charge < -0.3 is 17.2 Å². The highest BCUT2D eigenvalue weighted by Gasteiger charge is 2.07. The molecule has 0 aliphatic carbocycles. The van der Waals surface area contributed by atoms with Gasteiger partial charge in [-0.1, -0.05) is 12.1 Å². The minimum atomic E-state index is 0.127. The lowest BCUT2D eigenvalue weighted by Crippen LogP contribution is -2.03. The molecule has 0 spiro atoms. The molecular formula is C13H13N7. The SMILES string of the molecule is Nc1cccc(-c2ccc(-n3nc(N)nc3N)cn2)c1. The first-order chi connectivity index (χ1) is 9.63. The number of nitrogens with zero attached hydrogens (tertiary/aromatic N) is 4. The molecule has 2 aromatic heterocycles. The summed E-state index contributed by atoms with van der Waals surface area (Å²) in [5.41, 5.74) is 20.1. The van der Waals surface area contributed by atoms with Crippen molar-refractivity contribution in [3.05, 3.63) is 42.6 Å². The fourth-order valence-corrected chi connectivity index (χ4v) is 1.91. The lowest BCUT2D eigenvalue weighted by Gasteiger charge is -2.05. The van der Waals surface area contributed by atoms with Gasteiger partial charge in [-0.2, -0.15) is 9.67 Å². The molecule has 0 atom stereocenters. The molecule has 3 rings (SSSR count). The Morgan fingerprint density at radius 1 is 1.00 bits per heavy atom. The van der Waals surface area contributed by atoms with Crippen LogP contribution in [0.5, 0.6) is 0 Å². The lowest BCUT2D eigenvalue weighted by molar-refractivity contribution is 0.889. The van der Waals surface area contributed by atoms with Gasteiger partial charge in [-0.15, -0.1) is 5.10 Å². The minimum Gasteiger partial charge on any atom is -0.399 e. The molecule has 7 nitrogen and oxygen atoms in total. The Bertz CT molecular complexity index is 746. The highest BCUT2D eigenvalue weighted by atomic mass is 15.4. The second kappa shape index (κ2) is 4.54. The maximum atomic E-state index is 5.76. The third-order valence-corrected chi connectivity index (χ3v) is 2.82. The van der Waals surface area contributed by atoms with Gasteiger partial charge in [0, 0.05) is 11.3 Å². The van der Waals surface area contributed by atoms with Gasteiger partial charge in [0.2, 0.25) is 11.9 Å². The van der Waals surface area contributed by atoms with E-state index in [0.717, 1.165) is 11.3 Å². The molecule has 0 amide bonds. The summed E-state index contributed by atoms with van der Waals surface area (Å²) in [5, 5.41) is 4.00. The van der Waals surface area contributed by atoms with Gasteiger partial charge in [-0.3, -0.25) is 4.98 Å². The summed E-state index contributed by atoms with van der Waals surface area (Å²) in [6.07, 6.45) is 1.66. The third-order valence-electron chi connectivity index (χ3n) is 2.82. The number of rotatable bonds is 2. The van der Waals surface area contributed by atoms with Crippen molar-refractivity contribution in [3.63, 3.8) is 0 Å². The van der Waals surface area contributed by atoms with Gasteiger partial charge in [0.1, 0.15) is 0 Å². The molecule has 0 bridgehead atoms. The quantitative estimate of drug-likeness (QED) is 0.597. The number of anilines is 3. The Labute approximate surface area is 115 Å². The highest BCUT2D eigenvalue weighted by Crippen LogP contribution is 2.20. The molecule has 3 aromatic rings. The molecule has 20 heavy (non-hydrogen) atoms. The van der Waals surface area contributed by atoms with Crippen LogP contribution in [0.1, 0.15) is 0 Å². The molecule has 0 aliphatic rings. The van der Waals surface area contributed by atoms with Crippen LogP contribution in [0.25, 0.3) is 16.9 Å². The maximum absolute atomic E-state index is 5.76. The lowest BCUT2D eigenvalue weighted by atomic mass is 10.1. The zero-order valence-corrected chi connectivity index (χ0v) is 10.6. The number of nitrogen functional groups attached to an aromatic ring is 3. The van der Waals surface area contributed by atoms with E-state index in [9.17, 15) is 0 Å². The molecule has 1 aromatic carbocycles. The highest BCUT2D eigenvalue weighted by molar-refractivity contribution is 5.64. The smallest absolute Gasteiger partial charge is 0.241 e. The Balaban J connectivity index is 1.97. The molecule has 0 fully saturated rings. The van der Waals surface area contributed by atoms with Crippen LogP contribution < -0.4 is 17.2 Å². The Morgan fingerprint density at radius 2 is 1.85 bits per heavy atom. The van der Waals surface area contributed by atoms with Crippen molar-refractivity contribution < 1.29 is 0 Å². The van der Waals surface area contributed by atoms with E-state index in [-0.39, 0.29) is 11.9 Å². The van der Waals surface area contributed by atoms with Gasteiger partial charge in [-0.25, -0.2) is 0 Å². The Hall–Kier alpha value is -3.09. The first-order valence-electron chi connectivity index (χ1n) is 5.94. The zero-order chi connectivity index (χ0) is 14.1. The van der Waals surface area contributed by atoms with E-state index in [0.29, 0.717) is 11.4 Å². The van der Waals surface area contributed by atoms with Crippen LogP contribution in [0.3, 0.4) is 0 Å². The van der Waals surface area contributed by atoms with Crippen molar-refractivity contribution in [2.75, 3.05) is 17.2 Å². The summed E-state index contributed by atoms with van der Waals surface area (Å²) in [6.45, 7) is 0.